The van der Waals surface area contributed by atoms with Gasteiger partial charge in [0.15, 0.2) is 0 Å². The summed E-state index contributed by atoms with van der Waals surface area (Å²) < 4.78 is 5.68. The minimum absolute atomic E-state index is 0.267. The second kappa shape index (κ2) is 6.62. The van der Waals surface area contributed by atoms with E-state index in [1.807, 2.05) is 13.0 Å². The average Bonchev–Trinajstić information content (AvgIpc) is 2.28. The number of aryl methyl sites for hydroxylation is 1. The normalized spacial score (nSPS) is 10.2. The van der Waals surface area contributed by atoms with Crippen LogP contribution >= 0.6 is 15.9 Å². The number of halogens is 1. The minimum Gasteiger partial charge on any atom is -0.382 e. The standard InChI is InChI=1S/C11H14BrNO3/c1-8-3-4-9(7-10(8)12)11(14)13-16-6-5-15-2/h3-4,7H,5-6H2,1-2H3,(H,13,14). The summed E-state index contributed by atoms with van der Waals surface area (Å²) in [7, 11) is 1.57. The van der Waals surface area contributed by atoms with Crippen LogP contribution in [0.15, 0.2) is 22.7 Å². The maximum Gasteiger partial charge on any atom is 0.274 e. The van der Waals surface area contributed by atoms with E-state index in [9.17, 15) is 4.79 Å². The number of rotatable bonds is 5. The van der Waals surface area contributed by atoms with Gasteiger partial charge in [0, 0.05) is 17.1 Å². The Morgan fingerprint density at radius 1 is 1.44 bits per heavy atom. The molecule has 0 saturated heterocycles. The third-order valence-corrected chi connectivity index (χ3v) is 2.84. The smallest absolute Gasteiger partial charge is 0.274 e. The molecule has 0 aliphatic carbocycles. The lowest BCUT2D eigenvalue weighted by Gasteiger charge is -2.06. The molecule has 0 fully saturated rings. The number of hydrogen-bond acceptors (Lipinski definition) is 3. The highest BCUT2D eigenvalue weighted by Crippen LogP contribution is 2.17. The molecule has 0 bridgehead atoms. The highest BCUT2D eigenvalue weighted by molar-refractivity contribution is 9.10. The van der Waals surface area contributed by atoms with Gasteiger partial charge in [0.25, 0.3) is 5.91 Å². The fourth-order valence-corrected chi connectivity index (χ4v) is 1.41. The molecule has 0 unspecified atom stereocenters. The van der Waals surface area contributed by atoms with Crippen LogP contribution in [0.4, 0.5) is 0 Å². The van der Waals surface area contributed by atoms with E-state index >= 15 is 0 Å². The second-order valence-corrected chi connectivity index (χ2v) is 4.09. The van der Waals surface area contributed by atoms with Gasteiger partial charge in [-0.15, -0.1) is 0 Å². The van der Waals surface area contributed by atoms with Crippen LogP contribution in [0.5, 0.6) is 0 Å². The van der Waals surface area contributed by atoms with Crippen molar-refractivity contribution in [3.8, 4) is 0 Å². The first kappa shape index (κ1) is 13.2. The van der Waals surface area contributed by atoms with Gasteiger partial charge in [-0.25, -0.2) is 5.48 Å². The number of amides is 1. The van der Waals surface area contributed by atoms with Crippen LogP contribution in [0.1, 0.15) is 15.9 Å². The van der Waals surface area contributed by atoms with E-state index in [0.717, 1.165) is 10.0 Å². The highest BCUT2D eigenvalue weighted by Gasteiger charge is 2.06. The highest BCUT2D eigenvalue weighted by atomic mass is 79.9. The molecule has 0 heterocycles. The summed E-state index contributed by atoms with van der Waals surface area (Å²) in [6.07, 6.45) is 0. The number of benzene rings is 1. The Hall–Kier alpha value is -0.910. The third-order valence-electron chi connectivity index (χ3n) is 1.99. The summed E-state index contributed by atoms with van der Waals surface area (Å²) >= 11 is 3.37. The van der Waals surface area contributed by atoms with Gasteiger partial charge in [0.2, 0.25) is 0 Å². The van der Waals surface area contributed by atoms with Crippen molar-refractivity contribution in [3.05, 3.63) is 33.8 Å². The van der Waals surface area contributed by atoms with Gasteiger partial charge in [0.1, 0.15) is 0 Å². The maximum atomic E-state index is 11.6. The Labute approximate surface area is 103 Å². The van der Waals surface area contributed by atoms with E-state index in [-0.39, 0.29) is 5.91 Å². The van der Waals surface area contributed by atoms with Crippen molar-refractivity contribution in [2.75, 3.05) is 20.3 Å². The van der Waals surface area contributed by atoms with E-state index in [1.165, 1.54) is 0 Å². The first-order valence-electron chi connectivity index (χ1n) is 4.82. The van der Waals surface area contributed by atoms with Crippen molar-refractivity contribution in [3.63, 3.8) is 0 Å². The average molecular weight is 288 g/mol. The van der Waals surface area contributed by atoms with Crippen molar-refractivity contribution < 1.29 is 14.4 Å². The van der Waals surface area contributed by atoms with Crippen LogP contribution < -0.4 is 5.48 Å². The van der Waals surface area contributed by atoms with Crippen LogP contribution in [-0.2, 0) is 9.57 Å². The molecule has 0 atom stereocenters. The van der Waals surface area contributed by atoms with Crippen molar-refractivity contribution in [2.24, 2.45) is 0 Å². The molecular weight excluding hydrogens is 274 g/mol. The Morgan fingerprint density at radius 2 is 2.19 bits per heavy atom. The van der Waals surface area contributed by atoms with Crippen molar-refractivity contribution in [1.82, 2.24) is 5.48 Å². The van der Waals surface area contributed by atoms with E-state index in [1.54, 1.807) is 19.2 Å². The zero-order valence-electron chi connectivity index (χ0n) is 9.25. The van der Waals surface area contributed by atoms with E-state index in [4.69, 9.17) is 9.57 Å². The van der Waals surface area contributed by atoms with Crippen LogP contribution in [0, 0.1) is 6.92 Å². The molecule has 0 aromatic heterocycles. The molecule has 0 radical (unpaired) electrons. The molecule has 0 aliphatic heterocycles. The number of carbonyl (C=O) groups is 1. The molecule has 0 aliphatic rings. The van der Waals surface area contributed by atoms with Crippen LogP contribution in [0.2, 0.25) is 0 Å². The molecule has 1 amide bonds. The molecule has 1 aromatic rings. The summed E-state index contributed by atoms with van der Waals surface area (Å²) in [6, 6.07) is 5.37. The summed E-state index contributed by atoms with van der Waals surface area (Å²) in [5, 5.41) is 0. The molecule has 1 N–H and O–H groups in total. The molecule has 5 heteroatoms. The van der Waals surface area contributed by atoms with Gasteiger partial charge in [-0.1, -0.05) is 22.0 Å². The van der Waals surface area contributed by atoms with Crippen molar-refractivity contribution >= 4 is 21.8 Å². The molecule has 0 saturated carbocycles. The first-order chi connectivity index (χ1) is 7.65. The summed E-state index contributed by atoms with van der Waals surface area (Å²) in [4.78, 5) is 16.5. The van der Waals surface area contributed by atoms with Crippen LogP contribution in [-0.4, -0.2) is 26.2 Å². The lowest BCUT2D eigenvalue weighted by Crippen LogP contribution is -2.25. The number of ether oxygens (including phenoxy) is 1. The van der Waals surface area contributed by atoms with Gasteiger partial charge < -0.3 is 4.74 Å². The summed E-state index contributed by atoms with van der Waals surface area (Å²) in [6.45, 7) is 2.73. The Balaban J connectivity index is 2.50. The number of hydroxylamine groups is 1. The molecule has 88 valence electrons. The quantitative estimate of drug-likeness (QED) is 0.666. The lowest BCUT2D eigenvalue weighted by atomic mass is 10.1. The summed E-state index contributed by atoms with van der Waals surface area (Å²) in [5.41, 5.74) is 3.97. The number of methoxy groups -OCH3 is 1. The maximum absolute atomic E-state index is 11.6. The first-order valence-corrected chi connectivity index (χ1v) is 5.61. The van der Waals surface area contributed by atoms with Gasteiger partial charge in [-0.3, -0.25) is 9.63 Å². The van der Waals surface area contributed by atoms with Crippen LogP contribution in [0.25, 0.3) is 0 Å². The molecule has 1 rings (SSSR count). The SMILES string of the molecule is COCCONC(=O)c1ccc(C)c(Br)c1. The van der Waals surface area contributed by atoms with Crippen LogP contribution in [0.3, 0.4) is 0 Å². The largest absolute Gasteiger partial charge is 0.382 e. The predicted molar refractivity (Wildman–Crippen MR) is 64.2 cm³/mol. The summed E-state index contributed by atoms with van der Waals surface area (Å²) in [5.74, 6) is -0.267. The van der Waals surface area contributed by atoms with Gasteiger partial charge >= 0.3 is 0 Å². The number of nitrogens with one attached hydrogen (secondary N) is 1. The zero-order chi connectivity index (χ0) is 12.0. The second-order valence-electron chi connectivity index (χ2n) is 3.24. The number of carbonyl (C=O) groups excluding carboxylic acids is 1. The number of hydrogen-bond donors (Lipinski definition) is 1. The molecule has 0 spiro atoms. The van der Waals surface area contributed by atoms with Gasteiger partial charge in [-0.05, 0) is 24.6 Å². The Bertz CT molecular complexity index is 368. The van der Waals surface area contributed by atoms with Crippen molar-refractivity contribution in [1.29, 1.82) is 0 Å². The Morgan fingerprint density at radius 3 is 2.81 bits per heavy atom. The van der Waals surface area contributed by atoms with E-state index in [0.29, 0.717) is 18.8 Å². The predicted octanol–water partition coefficient (Wildman–Crippen LogP) is 2.07. The molecule has 1 aromatic carbocycles. The lowest BCUT2D eigenvalue weighted by molar-refractivity contribution is 0.00888. The molecule has 4 nitrogen and oxygen atoms in total. The minimum atomic E-state index is -0.267. The molecular formula is C11H14BrNO3. The fourth-order valence-electron chi connectivity index (χ4n) is 1.03. The van der Waals surface area contributed by atoms with Crippen molar-refractivity contribution in [2.45, 2.75) is 6.92 Å². The monoisotopic (exact) mass is 287 g/mol. The Kier molecular flexibility index (Phi) is 5.45. The van der Waals surface area contributed by atoms with E-state index < -0.39 is 0 Å². The molecule has 16 heavy (non-hydrogen) atoms. The zero-order valence-corrected chi connectivity index (χ0v) is 10.8. The fraction of sp³-hybridized carbons (Fsp3) is 0.364. The van der Waals surface area contributed by atoms with Gasteiger partial charge in [0.05, 0.1) is 13.2 Å². The van der Waals surface area contributed by atoms with E-state index in [2.05, 4.69) is 21.4 Å². The third kappa shape index (κ3) is 3.92. The van der Waals surface area contributed by atoms with Gasteiger partial charge in [-0.2, -0.15) is 0 Å². The topological polar surface area (TPSA) is 47.6 Å².